The summed E-state index contributed by atoms with van der Waals surface area (Å²) in [6, 6.07) is 5.72. The van der Waals surface area contributed by atoms with Gasteiger partial charge in [-0.15, -0.1) is 0 Å². The number of carbonyl (C=O) groups excluding carboxylic acids is 3. The summed E-state index contributed by atoms with van der Waals surface area (Å²) in [5.41, 5.74) is 0.844. The highest BCUT2D eigenvalue weighted by atomic mass is 16.6. The lowest BCUT2D eigenvalue weighted by atomic mass is 9.98. The first-order valence-corrected chi connectivity index (χ1v) is 11.7. The SMILES string of the molecule is C=Cc1cccc(C(C(=O)NCCCC)N(C)C(=O)C(CC(C)C)NC(=O)OC(C)(C)C)c1. The minimum atomic E-state index is -0.843. The molecule has 0 heterocycles. The lowest BCUT2D eigenvalue weighted by Crippen LogP contribution is -2.52. The Hall–Kier alpha value is -2.83. The van der Waals surface area contributed by atoms with E-state index in [1.165, 1.54) is 4.90 Å². The minimum Gasteiger partial charge on any atom is -0.444 e. The zero-order valence-corrected chi connectivity index (χ0v) is 21.2. The van der Waals surface area contributed by atoms with E-state index in [1.54, 1.807) is 33.9 Å². The van der Waals surface area contributed by atoms with E-state index in [4.69, 9.17) is 4.74 Å². The fourth-order valence-electron chi connectivity index (χ4n) is 3.41. The Bertz CT molecular complexity index is 814. The summed E-state index contributed by atoms with van der Waals surface area (Å²) in [4.78, 5) is 40.5. The number of likely N-dealkylation sites (N-methyl/N-ethyl adjacent to an activating group) is 1. The van der Waals surface area contributed by atoms with E-state index in [1.807, 2.05) is 45.0 Å². The Kier molecular flexibility index (Phi) is 11.1. The van der Waals surface area contributed by atoms with Crippen LogP contribution in [0.5, 0.6) is 0 Å². The zero-order valence-electron chi connectivity index (χ0n) is 21.2. The van der Waals surface area contributed by atoms with Crippen molar-refractivity contribution in [3.63, 3.8) is 0 Å². The van der Waals surface area contributed by atoms with Gasteiger partial charge in [-0.3, -0.25) is 9.59 Å². The molecule has 0 saturated carbocycles. The maximum absolute atomic E-state index is 13.5. The molecule has 1 rings (SSSR count). The van der Waals surface area contributed by atoms with Crippen LogP contribution in [0.2, 0.25) is 0 Å². The molecule has 0 fully saturated rings. The van der Waals surface area contributed by atoms with Gasteiger partial charge >= 0.3 is 6.09 Å². The molecule has 0 radical (unpaired) electrons. The molecule has 0 saturated heterocycles. The van der Waals surface area contributed by atoms with Gasteiger partial charge in [-0.25, -0.2) is 4.79 Å². The standard InChI is InChI=1S/C26H41N3O4/c1-9-11-15-27-23(30)22(20-14-12-13-19(10-2)17-20)29(8)24(31)21(16-18(3)4)28-25(32)33-26(5,6)7/h10,12-14,17-18,21-22H,2,9,11,15-16H2,1,3-8H3,(H,27,30)(H,28,32). The van der Waals surface area contributed by atoms with Gasteiger partial charge in [0.25, 0.3) is 0 Å². The molecular weight excluding hydrogens is 418 g/mol. The number of nitrogens with one attached hydrogen (secondary N) is 2. The Morgan fingerprint density at radius 1 is 1.21 bits per heavy atom. The minimum absolute atomic E-state index is 0.142. The van der Waals surface area contributed by atoms with Crippen molar-refractivity contribution in [3.05, 3.63) is 42.0 Å². The number of rotatable bonds is 11. The van der Waals surface area contributed by atoms with Crippen molar-refractivity contribution in [1.82, 2.24) is 15.5 Å². The summed E-state index contributed by atoms with van der Waals surface area (Å²) in [6.07, 6.45) is 3.25. The van der Waals surface area contributed by atoms with E-state index in [0.717, 1.165) is 18.4 Å². The Morgan fingerprint density at radius 2 is 1.88 bits per heavy atom. The summed E-state index contributed by atoms with van der Waals surface area (Å²) in [6.45, 7) is 15.6. The third kappa shape index (κ3) is 9.68. The van der Waals surface area contributed by atoms with Gasteiger partial charge in [-0.1, -0.05) is 58.0 Å². The molecule has 0 aliphatic rings. The Balaban J connectivity index is 3.24. The smallest absolute Gasteiger partial charge is 0.408 e. The van der Waals surface area contributed by atoms with Crippen LogP contribution in [-0.2, 0) is 14.3 Å². The second-order valence-electron chi connectivity index (χ2n) is 9.70. The third-order valence-corrected chi connectivity index (χ3v) is 4.97. The predicted molar refractivity (Wildman–Crippen MR) is 133 cm³/mol. The van der Waals surface area contributed by atoms with E-state index >= 15 is 0 Å². The number of alkyl carbamates (subject to hydrolysis) is 1. The fourth-order valence-corrected chi connectivity index (χ4v) is 3.41. The molecule has 0 aromatic heterocycles. The average molecular weight is 460 g/mol. The molecule has 0 spiro atoms. The molecule has 1 aromatic carbocycles. The number of hydrogen-bond acceptors (Lipinski definition) is 4. The monoisotopic (exact) mass is 459 g/mol. The first kappa shape index (κ1) is 28.2. The summed E-state index contributed by atoms with van der Waals surface area (Å²) >= 11 is 0. The maximum Gasteiger partial charge on any atom is 0.408 e. The normalized spacial score (nSPS) is 13.1. The highest BCUT2D eigenvalue weighted by molar-refractivity contribution is 5.92. The summed E-state index contributed by atoms with van der Waals surface area (Å²) in [7, 11) is 1.59. The van der Waals surface area contributed by atoms with Crippen LogP contribution in [0, 0.1) is 5.92 Å². The van der Waals surface area contributed by atoms with Gasteiger partial charge in [0, 0.05) is 13.6 Å². The van der Waals surface area contributed by atoms with Crippen LogP contribution in [0.3, 0.4) is 0 Å². The molecule has 2 unspecified atom stereocenters. The van der Waals surface area contributed by atoms with Crippen molar-refractivity contribution in [2.75, 3.05) is 13.6 Å². The second kappa shape index (κ2) is 13.0. The Labute approximate surface area is 198 Å². The molecule has 7 heteroatoms. The van der Waals surface area contributed by atoms with Crippen LogP contribution in [0.4, 0.5) is 4.79 Å². The highest BCUT2D eigenvalue weighted by Crippen LogP contribution is 2.23. The van der Waals surface area contributed by atoms with Crippen LogP contribution in [0.15, 0.2) is 30.8 Å². The lowest BCUT2D eigenvalue weighted by molar-refractivity contribution is -0.141. The number of benzene rings is 1. The zero-order chi connectivity index (χ0) is 25.2. The van der Waals surface area contributed by atoms with Gasteiger partial charge in [-0.2, -0.15) is 0 Å². The number of amides is 3. The molecule has 0 aliphatic carbocycles. The van der Waals surface area contributed by atoms with Crippen molar-refractivity contribution in [2.45, 2.75) is 78.5 Å². The van der Waals surface area contributed by atoms with E-state index in [-0.39, 0.29) is 17.7 Å². The number of ether oxygens (including phenoxy) is 1. The van der Waals surface area contributed by atoms with Gasteiger partial charge in [0.15, 0.2) is 0 Å². The van der Waals surface area contributed by atoms with Crippen LogP contribution in [0.25, 0.3) is 6.08 Å². The first-order chi connectivity index (χ1) is 15.4. The molecule has 1 aromatic rings. The van der Waals surface area contributed by atoms with Crippen molar-refractivity contribution in [3.8, 4) is 0 Å². The van der Waals surface area contributed by atoms with Gasteiger partial charge in [-0.05, 0) is 56.7 Å². The van der Waals surface area contributed by atoms with Crippen molar-refractivity contribution >= 4 is 24.0 Å². The third-order valence-electron chi connectivity index (χ3n) is 4.97. The van der Waals surface area contributed by atoms with Gasteiger partial charge in [0.05, 0.1) is 0 Å². The molecule has 2 atom stereocenters. The van der Waals surface area contributed by atoms with Crippen molar-refractivity contribution < 1.29 is 19.1 Å². The molecule has 0 bridgehead atoms. The summed E-state index contributed by atoms with van der Waals surface area (Å²) in [5.74, 6) is -0.474. The summed E-state index contributed by atoms with van der Waals surface area (Å²) in [5, 5.41) is 5.64. The van der Waals surface area contributed by atoms with Gasteiger partial charge in [0.2, 0.25) is 11.8 Å². The van der Waals surface area contributed by atoms with Crippen LogP contribution < -0.4 is 10.6 Å². The van der Waals surface area contributed by atoms with E-state index in [9.17, 15) is 14.4 Å². The molecule has 33 heavy (non-hydrogen) atoms. The summed E-state index contributed by atoms with van der Waals surface area (Å²) < 4.78 is 5.36. The Morgan fingerprint density at radius 3 is 2.42 bits per heavy atom. The molecule has 2 N–H and O–H groups in total. The van der Waals surface area contributed by atoms with E-state index in [0.29, 0.717) is 18.5 Å². The topological polar surface area (TPSA) is 87.7 Å². The fraction of sp³-hybridized carbons (Fsp3) is 0.577. The van der Waals surface area contributed by atoms with Crippen LogP contribution in [-0.4, -0.2) is 48.0 Å². The number of hydrogen-bond donors (Lipinski definition) is 2. The van der Waals surface area contributed by atoms with Crippen molar-refractivity contribution in [1.29, 1.82) is 0 Å². The predicted octanol–water partition coefficient (Wildman–Crippen LogP) is 4.68. The number of unbranched alkanes of at least 4 members (excludes halogenated alkanes) is 1. The van der Waals surface area contributed by atoms with E-state index < -0.39 is 23.8 Å². The maximum atomic E-state index is 13.5. The first-order valence-electron chi connectivity index (χ1n) is 11.7. The average Bonchev–Trinajstić information content (AvgIpc) is 2.71. The lowest BCUT2D eigenvalue weighted by Gasteiger charge is -2.32. The molecule has 184 valence electrons. The van der Waals surface area contributed by atoms with E-state index in [2.05, 4.69) is 17.2 Å². The number of carbonyl (C=O) groups is 3. The van der Waals surface area contributed by atoms with Crippen LogP contribution >= 0.6 is 0 Å². The quantitative estimate of drug-likeness (QED) is 0.470. The number of nitrogens with zero attached hydrogens (tertiary/aromatic N) is 1. The van der Waals surface area contributed by atoms with Crippen molar-refractivity contribution in [2.24, 2.45) is 5.92 Å². The second-order valence-corrected chi connectivity index (χ2v) is 9.70. The largest absolute Gasteiger partial charge is 0.444 e. The molecular formula is C26H41N3O4. The molecule has 7 nitrogen and oxygen atoms in total. The van der Waals surface area contributed by atoms with Gasteiger partial charge in [0.1, 0.15) is 17.7 Å². The van der Waals surface area contributed by atoms with Gasteiger partial charge < -0.3 is 20.3 Å². The molecule has 0 aliphatic heterocycles. The van der Waals surface area contributed by atoms with Crippen LogP contribution in [0.1, 0.15) is 78.0 Å². The highest BCUT2D eigenvalue weighted by Gasteiger charge is 2.34. The molecule has 3 amide bonds.